The molecular formula is C15H17BrN2O3. The molecule has 0 aliphatic carbocycles. The quantitative estimate of drug-likeness (QED) is 0.597. The average Bonchev–Trinajstić information content (AvgIpc) is 2.90. The van der Waals surface area contributed by atoms with Crippen LogP contribution < -0.4 is 5.32 Å². The Bertz CT molecular complexity index is 595. The number of non-ortho nitro benzene ring substituents is 1. The van der Waals surface area contributed by atoms with Gasteiger partial charge < -0.3 is 9.73 Å². The lowest BCUT2D eigenvalue weighted by Crippen LogP contribution is -2.23. The van der Waals surface area contributed by atoms with Crippen molar-refractivity contribution in [3.63, 3.8) is 0 Å². The molecule has 0 saturated carbocycles. The maximum Gasteiger partial charge on any atom is 0.269 e. The van der Waals surface area contributed by atoms with Gasteiger partial charge in [0.2, 0.25) is 0 Å². The van der Waals surface area contributed by atoms with Crippen LogP contribution in [0.15, 0.2) is 45.5 Å². The van der Waals surface area contributed by atoms with E-state index < -0.39 is 0 Å². The monoisotopic (exact) mass is 352 g/mol. The van der Waals surface area contributed by atoms with Gasteiger partial charge >= 0.3 is 0 Å². The van der Waals surface area contributed by atoms with Gasteiger partial charge in [-0.2, -0.15) is 0 Å². The molecule has 2 aromatic rings. The van der Waals surface area contributed by atoms with Crippen LogP contribution in [0.3, 0.4) is 0 Å². The second-order valence-electron chi connectivity index (χ2n) is 4.78. The average molecular weight is 353 g/mol. The van der Waals surface area contributed by atoms with Crippen LogP contribution in [0.5, 0.6) is 0 Å². The fraction of sp³-hybridized carbons (Fsp3) is 0.333. The summed E-state index contributed by atoms with van der Waals surface area (Å²) in [4.78, 5) is 10.3. The van der Waals surface area contributed by atoms with Gasteiger partial charge in [-0.15, -0.1) is 0 Å². The van der Waals surface area contributed by atoms with Crippen molar-refractivity contribution in [1.29, 1.82) is 0 Å². The lowest BCUT2D eigenvalue weighted by Gasteiger charge is -2.16. The van der Waals surface area contributed by atoms with Gasteiger partial charge in [-0.1, -0.05) is 19.1 Å². The van der Waals surface area contributed by atoms with Gasteiger partial charge in [0.05, 0.1) is 11.0 Å². The number of halogens is 1. The van der Waals surface area contributed by atoms with Gasteiger partial charge in [0.15, 0.2) is 4.67 Å². The first kappa shape index (κ1) is 15.7. The summed E-state index contributed by atoms with van der Waals surface area (Å²) in [7, 11) is 0. The second-order valence-corrected chi connectivity index (χ2v) is 5.56. The molecule has 6 heteroatoms. The van der Waals surface area contributed by atoms with Crippen LogP contribution in [-0.2, 0) is 6.42 Å². The molecule has 0 amide bonds. The zero-order chi connectivity index (χ0) is 15.2. The molecule has 0 aliphatic rings. The van der Waals surface area contributed by atoms with Gasteiger partial charge in [0, 0.05) is 12.1 Å². The van der Waals surface area contributed by atoms with Gasteiger partial charge in [0.25, 0.3) is 5.69 Å². The minimum Gasteiger partial charge on any atom is -0.453 e. The molecule has 1 heterocycles. The van der Waals surface area contributed by atoms with E-state index in [1.54, 1.807) is 12.1 Å². The maximum absolute atomic E-state index is 10.7. The highest BCUT2D eigenvalue weighted by molar-refractivity contribution is 9.10. The molecule has 0 radical (unpaired) electrons. The highest BCUT2D eigenvalue weighted by Gasteiger charge is 2.16. The molecule has 1 atom stereocenters. The first-order valence-corrected chi connectivity index (χ1v) is 7.61. The van der Waals surface area contributed by atoms with E-state index in [2.05, 4.69) is 28.2 Å². The Balaban J connectivity index is 2.12. The van der Waals surface area contributed by atoms with Gasteiger partial charge in [-0.25, -0.2) is 0 Å². The number of rotatable bonds is 7. The Morgan fingerprint density at radius 1 is 1.29 bits per heavy atom. The Kier molecular flexibility index (Phi) is 5.52. The number of nitrogens with one attached hydrogen (secondary N) is 1. The summed E-state index contributed by atoms with van der Waals surface area (Å²) in [6.45, 7) is 2.99. The minimum absolute atomic E-state index is 0.0534. The maximum atomic E-state index is 10.7. The molecule has 2 rings (SSSR count). The van der Waals surface area contributed by atoms with Crippen LogP contribution in [-0.4, -0.2) is 11.5 Å². The Labute approximate surface area is 131 Å². The Hall–Kier alpha value is -1.66. The molecule has 21 heavy (non-hydrogen) atoms. The molecule has 5 nitrogen and oxygen atoms in total. The fourth-order valence-corrected chi connectivity index (χ4v) is 2.42. The van der Waals surface area contributed by atoms with Crippen molar-refractivity contribution in [2.75, 3.05) is 6.54 Å². The largest absolute Gasteiger partial charge is 0.453 e. The van der Waals surface area contributed by atoms with Crippen LogP contribution in [0, 0.1) is 10.1 Å². The lowest BCUT2D eigenvalue weighted by molar-refractivity contribution is -0.384. The number of nitro groups is 1. The number of furan rings is 1. The third-order valence-corrected chi connectivity index (χ3v) is 3.59. The summed E-state index contributed by atoms with van der Waals surface area (Å²) >= 11 is 3.31. The van der Waals surface area contributed by atoms with E-state index in [0.29, 0.717) is 4.67 Å². The minimum atomic E-state index is -0.389. The van der Waals surface area contributed by atoms with E-state index in [1.165, 1.54) is 12.1 Å². The van der Waals surface area contributed by atoms with Crippen molar-refractivity contribution in [1.82, 2.24) is 5.32 Å². The number of benzene rings is 1. The molecule has 1 aromatic carbocycles. The van der Waals surface area contributed by atoms with E-state index in [4.69, 9.17) is 4.42 Å². The summed E-state index contributed by atoms with van der Waals surface area (Å²) in [6, 6.07) is 10.5. The predicted molar refractivity (Wildman–Crippen MR) is 84.2 cm³/mol. The van der Waals surface area contributed by atoms with Crippen molar-refractivity contribution in [2.45, 2.75) is 25.8 Å². The number of nitrogens with zero attached hydrogens (tertiary/aromatic N) is 1. The summed E-state index contributed by atoms with van der Waals surface area (Å²) in [5, 5.41) is 14.1. The standard InChI is InChI=1S/C15H17BrN2O3/c1-2-9-17-13(14-7-8-15(16)21-14)10-11-3-5-12(6-4-11)18(19)20/h3-8,13,17H,2,9-10H2,1H3. The number of hydrogen-bond acceptors (Lipinski definition) is 4. The fourth-order valence-electron chi connectivity index (χ4n) is 2.10. The third kappa shape index (κ3) is 4.41. The summed E-state index contributed by atoms with van der Waals surface area (Å²) in [6.07, 6.45) is 1.75. The van der Waals surface area contributed by atoms with E-state index >= 15 is 0 Å². The van der Waals surface area contributed by atoms with Crippen LogP contribution in [0.4, 0.5) is 5.69 Å². The molecule has 112 valence electrons. The van der Waals surface area contributed by atoms with Crippen molar-refractivity contribution in [3.8, 4) is 0 Å². The van der Waals surface area contributed by atoms with Crippen molar-refractivity contribution in [3.05, 3.63) is 62.5 Å². The van der Waals surface area contributed by atoms with Crippen molar-refractivity contribution < 1.29 is 9.34 Å². The molecular weight excluding hydrogens is 336 g/mol. The smallest absolute Gasteiger partial charge is 0.269 e. The number of nitro benzene ring substituents is 1. The number of hydrogen-bond donors (Lipinski definition) is 1. The summed E-state index contributed by atoms with van der Waals surface area (Å²) < 4.78 is 6.32. The zero-order valence-corrected chi connectivity index (χ0v) is 13.3. The van der Waals surface area contributed by atoms with Gasteiger partial charge in [-0.05, 0) is 53.0 Å². The molecule has 0 fully saturated rings. The highest BCUT2D eigenvalue weighted by atomic mass is 79.9. The molecule has 1 unspecified atom stereocenters. The summed E-state index contributed by atoms with van der Waals surface area (Å²) in [5.74, 6) is 0.855. The van der Waals surface area contributed by atoms with Gasteiger partial charge in [0.1, 0.15) is 5.76 Å². The molecule has 1 N–H and O–H groups in total. The van der Waals surface area contributed by atoms with E-state index in [-0.39, 0.29) is 16.7 Å². The molecule has 0 bridgehead atoms. The van der Waals surface area contributed by atoms with E-state index in [0.717, 1.165) is 30.7 Å². The molecule has 0 spiro atoms. The molecule has 0 aliphatic heterocycles. The normalized spacial score (nSPS) is 12.3. The topological polar surface area (TPSA) is 68.3 Å². The van der Waals surface area contributed by atoms with Gasteiger partial charge in [-0.3, -0.25) is 10.1 Å². The Morgan fingerprint density at radius 3 is 2.52 bits per heavy atom. The van der Waals surface area contributed by atoms with E-state index in [1.807, 2.05) is 12.1 Å². The van der Waals surface area contributed by atoms with Crippen LogP contribution in [0.2, 0.25) is 0 Å². The lowest BCUT2D eigenvalue weighted by atomic mass is 10.0. The van der Waals surface area contributed by atoms with Crippen LogP contribution >= 0.6 is 15.9 Å². The second kappa shape index (κ2) is 7.38. The molecule has 1 aromatic heterocycles. The summed E-state index contributed by atoms with van der Waals surface area (Å²) in [5.41, 5.74) is 1.14. The first-order valence-electron chi connectivity index (χ1n) is 6.82. The predicted octanol–water partition coefficient (Wildman–Crippen LogP) is 4.23. The third-order valence-electron chi connectivity index (χ3n) is 3.17. The Morgan fingerprint density at radius 2 is 2.00 bits per heavy atom. The van der Waals surface area contributed by atoms with Crippen LogP contribution in [0.1, 0.15) is 30.7 Å². The van der Waals surface area contributed by atoms with Crippen molar-refractivity contribution >= 4 is 21.6 Å². The molecule has 0 saturated heterocycles. The first-order chi connectivity index (χ1) is 10.1. The zero-order valence-electron chi connectivity index (χ0n) is 11.7. The van der Waals surface area contributed by atoms with E-state index in [9.17, 15) is 10.1 Å². The highest BCUT2D eigenvalue weighted by Crippen LogP contribution is 2.24. The van der Waals surface area contributed by atoms with Crippen molar-refractivity contribution in [2.24, 2.45) is 0 Å². The van der Waals surface area contributed by atoms with Crippen LogP contribution in [0.25, 0.3) is 0 Å². The SMILES string of the molecule is CCCNC(Cc1ccc([N+](=O)[O-])cc1)c1ccc(Br)o1.